The van der Waals surface area contributed by atoms with E-state index in [0.717, 1.165) is 71.1 Å². The minimum atomic E-state index is -2.96. The second-order valence-corrected chi connectivity index (χ2v) is 13.6. The van der Waals surface area contributed by atoms with Crippen LogP contribution in [0.4, 0.5) is 0 Å². The summed E-state index contributed by atoms with van der Waals surface area (Å²) < 4.78 is 43.1. The molecule has 0 aliphatic heterocycles. The highest BCUT2D eigenvalue weighted by Gasteiger charge is 2.19. The fourth-order valence-corrected chi connectivity index (χ4v) is 6.96. The molecule has 0 fully saturated rings. The predicted octanol–water partition coefficient (Wildman–Crippen LogP) is 7.75. The molecule has 0 saturated heterocycles. The Hall–Kier alpha value is -3.95. The van der Waals surface area contributed by atoms with Crippen molar-refractivity contribution >= 4 is 32.7 Å². The Morgan fingerprint density at radius 1 is 0.778 bits per heavy atom. The number of benzene rings is 3. The number of fused-ring (bicyclic) bond motifs is 1. The topological polar surface area (TPSA) is 101 Å². The van der Waals surface area contributed by atoms with Gasteiger partial charge in [0, 0.05) is 31.5 Å². The van der Waals surface area contributed by atoms with Crippen LogP contribution in [0.3, 0.4) is 0 Å². The van der Waals surface area contributed by atoms with Crippen LogP contribution < -0.4 is 9.47 Å². The molecule has 1 aromatic heterocycles. The second-order valence-electron chi connectivity index (χ2n) is 11.3. The van der Waals surface area contributed by atoms with Gasteiger partial charge in [-0.2, -0.15) is 0 Å². The number of nitrogens with zero attached hydrogens (tertiary/aromatic N) is 1. The summed E-state index contributed by atoms with van der Waals surface area (Å²) in [6, 6.07) is 21.2. The third-order valence-electron chi connectivity index (χ3n) is 7.58. The lowest BCUT2D eigenvalue weighted by atomic mass is 10.1. The molecular weight excluding hydrogens is 590 g/mol. The second kappa shape index (κ2) is 15.9. The van der Waals surface area contributed by atoms with E-state index >= 15 is 0 Å². The van der Waals surface area contributed by atoms with E-state index in [2.05, 4.69) is 17.6 Å². The van der Waals surface area contributed by atoms with E-state index in [9.17, 15) is 18.0 Å². The summed E-state index contributed by atoms with van der Waals surface area (Å²) in [6.45, 7) is 7.86. The fourth-order valence-electron chi connectivity index (χ4n) is 5.47. The van der Waals surface area contributed by atoms with Crippen LogP contribution >= 0.6 is 0 Å². The number of aryl methyl sites for hydroxylation is 1. The summed E-state index contributed by atoms with van der Waals surface area (Å²) >= 11 is 0. The predicted molar refractivity (Wildman–Crippen MR) is 178 cm³/mol. The minimum Gasteiger partial charge on any atom is -0.427 e. The molecule has 1 heterocycles. The Morgan fingerprint density at radius 3 is 2.13 bits per heavy atom. The maximum absolute atomic E-state index is 12.2. The first-order valence-corrected chi connectivity index (χ1v) is 17.4. The zero-order valence-electron chi connectivity index (χ0n) is 26.6. The van der Waals surface area contributed by atoms with Crippen LogP contribution in [0, 0.1) is 6.92 Å². The third-order valence-corrected chi connectivity index (χ3v) is 9.40. The maximum atomic E-state index is 12.2. The first-order chi connectivity index (χ1) is 21.6. The Balaban J connectivity index is 1.51. The molecule has 0 N–H and O–H groups in total. The number of hydrogen-bond donors (Lipinski definition) is 0. The molecule has 0 radical (unpaired) electrons. The summed E-state index contributed by atoms with van der Waals surface area (Å²) in [4.78, 5) is 23.1. The van der Waals surface area contributed by atoms with Crippen molar-refractivity contribution in [2.24, 2.45) is 0 Å². The quantitative estimate of drug-likeness (QED) is 0.0706. The molecule has 4 rings (SSSR count). The molecule has 8 nitrogen and oxygen atoms in total. The Kier molecular flexibility index (Phi) is 12.0. The molecular formula is C36H43NO7S. The Bertz CT molecular complexity index is 1720. The van der Waals surface area contributed by atoms with Gasteiger partial charge in [-0.05, 0) is 97.5 Å². The highest BCUT2D eigenvalue weighted by Crippen LogP contribution is 2.38. The molecule has 0 bridgehead atoms. The highest BCUT2D eigenvalue weighted by atomic mass is 32.2. The van der Waals surface area contributed by atoms with Gasteiger partial charge in [0.15, 0.2) is 0 Å². The third kappa shape index (κ3) is 9.52. The van der Waals surface area contributed by atoms with Crippen LogP contribution in [-0.2, 0) is 30.8 Å². The van der Waals surface area contributed by atoms with E-state index in [1.54, 1.807) is 18.2 Å². The van der Waals surface area contributed by atoms with E-state index in [1.165, 1.54) is 13.8 Å². The van der Waals surface area contributed by atoms with Crippen molar-refractivity contribution in [1.29, 1.82) is 0 Å². The number of aromatic nitrogens is 1. The summed E-state index contributed by atoms with van der Waals surface area (Å²) in [5.74, 6) is 0.724. The zero-order valence-corrected chi connectivity index (χ0v) is 27.5. The molecule has 0 aliphatic rings. The van der Waals surface area contributed by atoms with Gasteiger partial charge in [-0.25, -0.2) is 8.42 Å². The number of carbonyl (C=O) groups excluding carboxylic acids is 2. The molecule has 0 aliphatic carbocycles. The van der Waals surface area contributed by atoms with Gasteiger partial charge in [0.05, 0.1) is 29.3 Å². The van der Waals surface area contributed by atoms with Crippen LogP contribution in [0.2, 0.25) is 0 Å². The summed E-state index contributed by atoms with van der Waals surface area (Å²) in [6.07, 6.45) is 5.01. The molecule has 0 spiro atoms. The van der Waals surface area contributed by atoms with Crippen LogP contribution in [0.5, 0.6) is 11.5 Å². The van der Waals surface area contributed by atoms with Gasteiger partial charge < -0.3 is 18.8 Å². The van der Waals surface area contributed by atoms with Gasteiger partial charge in [-0.1, -0.05) is 38.3 Å². The molecule has 0 atom stereocenters. The summed E-state index contributed by atoms with van der Waals surface area (Å²) in [7, 11) is -2.96. The molecule has 3 aromatic carbocycles. The molecule has 0 amide bonds. The molecule has 4 aromatic rings. The van der Waals surface area contributed by atoms with E-state index in [4.69, 9.17) is 14.2 Å². The first-order valence-electron chi connectivity index (χ1n) is 15.6. The Labute approximate surface area is 266 Å². The molecule has 9 heteroatoms. The number of unbranched alkanes of at least 4 members (excludes halogenated alkanes) is 4. The monoisotopic (exact) mass is 633 g/mol. The summed E-state index contributed by atoms with van der Waals surface area (Å²) in [5.41, 5.74) is 5.81. The van der Waals surface area contributed by atoms with Gasteiger partial charge in [-0.3, -0.25) is 9.59 Å². The Morgan fingerprint density at radius 2 is 1.44 bits per heavy atom. The van der Waals surface area contributed by atoms with E-state index in [0.29, 0.717) is 36.9 Å². The van der Waals surface area contributed by atoms with Crippen LogP contribution in [0.25, 0.3) is 27.8 Å². The SMILES string of the molecule is CCCCCS(=O)(=O)CCCCCOCc1cccc(-n2c(-c3ccc(OC(C)=O)cc3)c(C)c3cc(OC(C)=O)ccc32)c1. The standard InChI is InChI=1S/C36H43NO7S/c1-5-6-9-21-45(40,41)22-10-7-8-20-42-25-29-12-11-13-31(23-29)37-35-19-18-33(44-28(4)39)24-34(35)26(2)36(37)30-14-16-32(17-15-30)43-27(3)38/h11-19,23-24H,5-10,20-22,25H2,1-4H3. The fraction of sp³-hybridized carbons (Fsp3) is 0.389. The molecule has 0 unspecified atom stereocenters. The van der Waals surface area contributed by atoms with Crippen molar-refractivity contribution in [3.63, 3.8) is 0 Å². The van der Waals surface area contributed by atoms with Crippen molar-refractivity contribution < 1.29 is 32.2 Å². The van der Waals surface area contributed by atoms with E-state index in [-0.39, 0.29) is 17.7 Å². The maximum Gasteiger partial charge on any atom is 0.308 e. The van der Waals surface area contributed by atoms with Gasteiger partial charge in [0.25, 0.3) is 0 Å². The number of carbonyl (C=O) groups is 2. The number of ether oxygens (including phenoxy) is 3. The molecule has 0 saturated carbocycles. The lowest BCUT2D eigenvalue weighted by molar-refractivity contribution is -0.132. The van der Waals surface area contributed by atoms with Crippen molar-refractivity contribution in [3.05, 3.63) is 77.9 Å². The summed E-state index contributed by atoms with van der Waals surface area (Å²) in [5, 5.41) is 0.946. The van der Waals surface area contributed by atoms with Crippen molar-refractivity contribution in [2.75, 3.05) is 18.1 Å². The normalized spacial score (nSPS) is 11.6. The smallest absolute Gasteiger partial charge is 0.308 e. The van der Waals surface area contributed by atoms with E-state index < -0.39 is 9.84 Å². The lowest BCUT2D eigenvalue weighted by Crippen LogP contribution is -2.11. The van der Waals surface area contributed by atoms with Crippen LogP contribution in [0.15, 0.2) is 66.7 Å². The first kappa shape index (κ1) is 33.9. The highest BCUT2D eigenvalue weighted by molar-refractivity contribution is 7.91. The molecule has 240 valence electrons. The van der Waals surface area contributed by atoms with Crippen LogP contribution in [-0.4, -0.2) is 43.0 Å². The average molecular weight is 634 g/mol. The zero-order chi connectivity index (χ0) is 32.4. The van der Waals surface area contributed by atoms with Gasteiger partial charge in [-0.15, -0.1) is 0 Å². The van der Waals surface area contributed by atoms with Gasteiger partial charge >= 0.3 is 11.9 Å². The van der Waals surface area contributed by atoms with E-state index in [1.807, 2.05) is 49.4 Å². The van der Waals surface area contributed by atoms with Crippen molar-refractivity contribution in [1.82, 2.24) is 4.57 Å². The number of esters is 2. The minimum absolute atomic E-state index is 0.250. The lowest BCUT2D eigenvalue weighted by Gasteiger charge is -2.14. The van der Waals surface area contributed by atoms with Gasteiger partial charge in [0.1, 0.15) is 21.3 Å². The molecule has 45 heavy (non-hydrogen) atoms. The number of sulfone groups is 1. The van der Waals surface area contributed by atoms with Crippen molar-refractivity contribution in [3.8, 4) is 28.4 Å². The van der Waals surface area contributed by atoms with Crippen molar-refractivity contribution in [2.45, 2.75) is 72.8 Å². The average Bonchev–Trinajstić information content (AvgIpc) is 3.28. The van der Waals surface area contributed by atoms with Crippen LogP contribution in [0.1, 0.15) is 70.4 Å². The van der Waals surface area contributed by atoms with Gasteiger partial charge in [0.2, 0.25) is 0 Å². The largest absolute Gasteiger partial charge is 0.427 e. The number of hydrogen-bond acceptors (Lipinski definition) is 7. The number of rotatable bonds is 16.